The monoisotopic (exact) mass is 284 g/mol. The van der Waals surface area contributed by atoms with Gasteiger partial charge in [-0.05, 0) is 19.4 Å². The van der Waals surface area contributed by atoms with Gasteiger partial charge in [0.25, 0.3) is 0 Å². The van der Waals surface area contributed by atoms with Crippen molar-refractivity contribution in [3.8, 4) is 0 Å². The maximum absolute atomic E-state index is 9.81. The van der Waals surface area contributed by atoms with Crippen LogP contribution in [-0.4, -0.2) is 43.4 Å². The summed E-state index contributed by atoms with van der Waals surface area (Å²) in [7, 11) is 1.65. The highest BCUT2D eigenvalue weighted by atomic mass is 32.2. The van der Waals surface area contributed by atoms with E-state index in [9.17, 15) is 5.11 Å². The molecule has 1 N–H and O–H groups in total. The van der Waals surface area contributed by atoms with Gasteiger partial charge in [-0.15, -0.1) is 0 Å². The lowest BCUT2D eigenvalue weighted by molar-refractivity contribution is -0.0257. The number of aliphatic hydroxyl groups excluding tert-OH is 1. The first-order chi connectivity index (χ1) is 9.11. The van der Waals surface area contributed by atoms with Gasteiger partial charge in [0.1, 0.15) is 0 Å². The zero-order valence-corrected chi connectivity index (χ0v) is 12.8. The van der Waals surface area contributed by atoms with Crippen LogP contribution in [0.25, 0.3) is 0 Å². The fraction of sp³-hybridized carbons (Fsp3) is 0.600. The molecule has 0 aliphatic carbocycles. The van der Waals surface area contributed by atoms with Crippen LogP contribution < -0.4 is 0 Å². The molecular weight excluding hydrogens is 260 g/mol. The highest BCUT2D eigenvalue weighted by Crippen LogP contribution is 2.14. The van der Waals surface area contributed by atoms with Gasteiger partial charge in [0.2, 0.25) is 0 Å². The predicted octanol–water partition coefficient (Wildman–Crippen LogP) is 2.64. The summed E-state index contributed by atoms with van der Waals surface area (Å²) < 4.78 is 10.5. The van der Waals surface area contributed by atoms with E-state index in [1.54, 1.807) is 18.9 Å². The molecule has 0 fully saturated rings. The summed E-state index contributed by atoms with van der Waals surface area (Å²) in [6.07, 6.45) is -0.393. The summed E-state index contributed by atoms with van der Waals surface area (Å²) in [5, 5.41) is 9.81. The van der Waals surface area contributed by atoms with Gasteiger partial charge < -0.3 is 14.6 Å². The number of methoxy groups -OCH3 is 1. The van der Waals surface area contributed by atoms with Gasteiger partial charge in [0, 0.05) is 18.6 Å². The van der Waals surface area contributed by atoms with E-state index in [0.717, 1.165) is 5.75 Å². The van der Waals surface area contributed by atoms with Crippen LogP contribution in [0.3, 0.4) is 0 Å². The largest absolute Gasteiger partial charge is 0.390 e. The van der Waals surface area contributed by atoms with E-state index in [0.29, 0.717) is 19.0 Å². The molecule has 1 aromatic rings. The van der Waals surface area contributed by atoms with Crippen molar-refractivity contribution in [1.29, 1.82) is 0 Å². The highest BCUT2D eigenvalue weighted by molar-refractivity contribution is 7.98. The Balaban J connectivity index is 2.15. The van der Waals surface area contributed by atoms with Crippen molar-refractivity contribution in [3.63, 3.8) is 0 Å². The predicted molar refractivity (Wildman–Crippen MR) is 80.6 cm³/mol. The molecule has 19 heavy (non-hydrogen) atoms. The Morgan fingerprint density at radius 3 is 2.79 bits per heavy atom. The Labute approximate surface area is 120 Å². The molecule has 1 aromatic carbocycles. The lowest BCUT2D eigenvalue weighted by atomic mass is 10.2. The summed E-state index contributed by atoms with van der Waals surface area (Å²) in [6, 6.07) is 8.45. The maximum atomic E-state index is 9.81. The van der Waals surface area contributed by atoms with Crippen molar-refractivity contribution < 1.29 is 14.6 Å². The van der Waals surface area contributed by atoms with Crippen LogP contribution in [0, 0.1) is 6.92 Å². The van der Waals surface area contributed by atoms with E-state index < -0.39 is 6.10 Å². The van der Waals surface area contributed by atoms with Crippen LogP contribution in [0.4, 0.5) is 0 Å². The van der Waals surface area contributed by atoms with Gasteiger partial charge in [0.05, 0.1) is 25.4 Å². The van der Waals surface area contributed by atoms with Crippen molar-refractivity contribution in [2.45, 2.75) is 31.8 Å². The molecule has 0 spiro atoms. The molecule has 0 aliphatic rings. The van der Waals surface area contributed by atoms with E-state index >= 15 is 0 Å². The molecule has 0 amide bonds. The number of ether oxygens (including phenoxy) is 2. The molecule has 0 aliphatic heterocycles. The molecule has 2 unspecified atom stereocenters. The van der Waals surface area contributed by atoms with E-state index in [1.807, 2.05) is 6.92 Å². The Hall–Kier alpha value is -0.550. The summed E-state index contributed by atoms with van der Waals surface area (Å²) in [6.45, 7) is 4.96. The zero-order chi connectivity index (χ0) is 14.1. The molecule has 1 rings (SSSR count). The fourth-order valence-electron chi connectivity index (χ4n) is 1.72. The molecule has 3 nitrogen and oxygen atoms in total. The molecule has 0 heterocycles. The van der Waals surface area contributed by atoms with E-state index in [4.69, 9.17) is 9.47 Å². The minimum Gasteiger partial charge on any atom is -0.390 e. The molecule has 0 radical (unpaired) electrons. The summed E-state index contributed by atoms with van der Waals surface area (Å²) in [4.78, 5) is 0. The number of benzene rings is 1. The Bertz CT molecular complexity index is 357. The smallest absolute Gasteiger partial charge is 0.0864 e. The van der Waals surface area contributed by atoms with Crippen molar-refractivity contribution in [1.82, 2.24) is 0 Å². The molecule has 2 atom stereocenters. The minimum atomic E-state index is -0.422. The van der Waals surface area contributed by atoms with Gasteiger partial charge in [-0.2, -0.15) is 11.8 Å². The number of aliphatic hydroxyl groups is 1. The number of hydrogen-bond acceptors (Lipinski definition) is 4. The second kappa shape index (κ2) is 9.37. The molecule has 0 saturated heterocycles. The van der Waals surface area contributed by atoms with Crippen LogP contribution in [0.1, 0.15) is 18.1 Å². The van der Waals surface area contributed by atoms with Crippen molar-refractivity contribution in [2.24, 2.45) is 0 Å². The molecular formula is C15H24O3S. The van der Waals surface area contributed by atoms with Crippen LogP contribution in [-0.2, 0) is 15.2 Å². The topological polar surface area (TPSA) is 38.7 Å². The lowest BCUT2D eigenvalue weighted by Gasteiger charge is -2.15. The number of thioether (sulfide) groups is 1. The molecule has 0 saturated carbocycles. The SMILES string of the molecule is COCC(C)OCC(O)CSCc1cccc(C)c1. The van der Waals surface area contributed by atoms with Gasteiger partial charge in [-0.3, -0.25) is 0 Å². The van der Waals surface area contributed by atoms with Crippen LogP contribution in [0.5, 0.6) is 0 Å². The average Bonchev–Trinajstić information content (AvgIpc) is 2.37. The standard InChI is InChI=1S/C15H24O3S/c1-12-5-4-6-14(7-12)10-19-11-15(16)9-18-13(2)8-17-3/h4-7,13,15-16H,8-11H2,1-3H3. The lowest BCUT2D eigenvalue weighted by Crippen LogP contribution is -2.24. The first-order valence-corrected chi connectivity index (χ1v) is 7.69. The summed E-state index contributed by atoms with van der Waals surface area (Å²) in [5.41, 5.74) is 2.57. The summed E-state index contributed by atoms with van der Waals surface area (Å²) >= 11 is 1.73. The van der Waals surface area contributed by atoms with Crippen molar-refractivity contribution in [2.75, 3.05) is 26.1 Å². The van der Waals surface area contributed by atoms with Gasteiger partial charge in [-0.25, -0.2) is 0 Å². The second-order valence-electron chi connectivity index (χ2n) is 4.76. The second-order valence-corrected chi connectivity index (χ2v) is 5.79. The molecule has 0 bridgehead atoms. The van der Waals surface area contributed by atoms with Crippen molar-refractivity contribution >= 4 is 11.8 Å². The van der Waals surface area contributed by atoms with Gasteiger partial charge in [0.15, 0.2) is 0 Å². The normalized spacial score (nSPS) is 14.3. The van der Waals surface area contributed by atoms with Crippen LogP contribution >= 0.6 is 11.8 Å². The third-order valence-corrected chi connectivity index (χ3v) is 3.79. The molecule has 108 valence electrons. The summed E-state index contributed by atoms with van der Waals surface area (Å²) in [5.74, 6) is 1.61. The Morgan fingerprint density at radius 2 is 2.11 bits per heavy atom. The number of rotatable bonds is 9. The number of aryl methyl sites for hydroxylation is 1. The van der Waals surface area contributed by atoms with Gasteiger partial charge >= 0.3 is 0 Å². The first kappa shape index (κ1) is 16.5. The Morgan fingerprint density at radius 1 is 1.32 bits per heavy atom. The quantitative estimate of drug-likeness (QED) is 0.756. The molecule has 4 heteroatoms. The van der Waals surface area contributed by atoms with Gasteiger partial charge in [-0.1, -0.05) is 29.8 Å². The first-order valence-electron chi connectivity index (χ1n) is 6.53. The third-order valence-electron chi connectivity index (χ3n) is 2.64. The Kier molecular flexibility index (Phi) is 8.14. The van der Waals surface area contributed by atoms with Crippen molar-refractivity contribution in [3.05, 3.63) is 35.4 Å². The van der Waals surface area contributed by atoms with E-state index in [2.05, 4.69) is 31.2 Å². The highest BCUT2D eigenvalue weighted by Gasteiger charge is 2.08. The van der Waals surface area contributed by atoms with E-state index in [-0.39, 0.29) is 6.10 Å². The van der Waals surface area contributed by atoms with Crippen LogP contribution in [0.15, 0.2) is 24.3 Å². The minimum absolute atomic E-state index is 0.0291. The van der Waals surface area contributed by atoms with E-state index in [1.165, 1.54) is 11.1 Å². The maximum Gasteiger partial charge on any atom is 0.0864 e. The van der Waals surface area contributed by atoms with Crippen LogP contribution in [0.2, 0.25) is 0 Å². The third kappa shape index (κ3) is 7.57. The molecule has 0 aromatic heterocycles. The number of hydrogen-bond donors (Lipinski definition) is 1. The average molecular weight is 284 g/mol. The zero-order valence-electron chi connectivity index (χ0n) is 12.0. The fourth-order valence-corrected chi connectivity index (χ4v) is 2.62.